The summed E-state index contributed by atoms with van der Waals surface area (Å²) in [6.45, 7) is 1.67. The first-order valence-electron chi connectivity index (χ1n) is 5.29. The largest absolute Gasteiger partial charge is 0.305 e. The van der Waals surface area contributed by atoms with Crippen molar-refractivity contribution in [2.45, 2.75) is 17.4 Å². The van der Waals surface area contributed by atoms with Gasteiger partial charge in [-0.3, -0.25) is 4.98 Å². The molecule has 1 aliphatic heterocycles. The number of rotatable bonds is 3. The molecule has 1 atom stereocenters. The number of nitrogens with zero attached hydrogens (tertiary/aromatic N) is 2. The second kappa shape index (κ2) is 5.01. The highest BCUT2D eigenvalue weighted by Crippen LogP contribution is 2.16. The highest BCUT2D eigenvalue weighted by molar-refractivity contribution is 9.10. The van der Waals surface area contributed by atoms with Crippen molar-refractivity contribution in [3.8, 4) is 0 Å². The molecule has 0 aromatic carbocycles. The second-order valence-electron chi connectivity index (χ2n) is 4.21. The van der Waals surface area contributed by atoms with Gasteiger partial charge in [0.05, 0.1) is 0 Å². The van der Waals surface area contributed by atoms with E-state index in [-0.39, 0.29) is 10.9 Å². The molecule has 1 fully saturated rings. The molecule has 7 heteroatoms. The van der Waals surface area contributed by atoms with Crippen molar-refractivity contribution in [3.63, 3.8) is 0 Å². The van der Waals surface area contributed by atoms with Crippen LogP contribution < -0.4 is 4.72 Å². The lowest BCUT2D eigenvalue weighted by atomic mass is 10.3. The van der Waals surface area contributed by atoms with Crippen LogP contribution in [0.5, 0.6) is 0 Å². The molecular formula is C10H14BrN3O2S. The van der Waals surface area contributed by atoms with E-state index in [1.54, 1.807) is 12.3 Å². The van der Waals surface area contributed by atoms with Gasteiger partial charge in [0.15, 0.2) is 0 Å². The van der Waals surface area contributed by atoms with Gasteiger partial charge < -0.3 is 4.90 Å². The Kier molecular flexibility index (Phi) is 3.82. The van der Waals surface area contributed by atoms with Gasteiger partial charge in [-0.1, -0.05) is 0 Å². The zero-order valence-corrected chi connectivity index (χ0v) is 11.8. The van der Waals surface area contributed by atoms with Crippen LogP contribution in [0.25, 0.3) is 0 Å². The number of nitrogens with one attached hydrogen (secondary N) is 1. The average molecular weight is 320 g/mol. The van der Waals surface area contributed by atoms with E-state index in [0.717, 1.165) is 19.5 Å². The van der Waals surface area contributed by atoms with Gasteiger partial charge in [0.2, 0.25) is 10.0 Å². The maximum Gasteiger partial charge on any atom is 0.242 e. The molecule has 0 bridgehead atoms. The summed E-state index contributed by atoms with van der Waals surface area (Å²) in [6.07, 6.45) is 3.76. The van der Waals surface area contributed by atoms with Crippen LogP contribution >= 0.6 is 15.9 Å². The Morgan fingerprint density at radius 3 is 2.88 bits per heavy atom. The third-order valence-corrected chi connectivity index (χ3v) is 4.62. The first-order chi connectivity index (χ1) is 7.97. The minimum Gasteiger partial charge on any atom is -0.305 e. The van der Waals surface area contributed by atoms with E-state index < -0.39 is 10.0 Å². The summed E-state index contributed by atoms with van der Waals surface area (Å²) in [5.41, 5.74) is 0. The Morgan fingerprint density at radius 2 is 2.29 bits per heavy atom. The summed E-state index contributed by atoms with van der Waals surface area (Å²) in [4.78, 5) is 6.16. The molecule has 0 radical (unpaired) electrons. The molecular weight excluding hydrogens is 306 g/mol. The molecule has 17 heavy (non-hydrogen) atoms. The molecule has 0 saturated carbocycles. The summed E-state index contributed by atoms with van der Waals surface area (Å²) >= 11 is 3.21. The fraction of sp³-hybridized carbons (Fsp3) is 0.500. The molecule has 0 spiro atoms. The van der Waals surface area contributed by atoms with Crippen LogP contribution in [0.4, 0.5) is 0 Å². The van der Waals surface area contributed by atoms with Gasteiger partial charge in [0.1, 0.15) is 4.90 Å². The van der Waals surface area contributed by atoms with Crippen molar-refractivity contribution in [1.82, 2.24) is 14.6 Å². The van der Waals surface area contributed by atoms with Crippen molar-refractivity contribution < 1.29 is 8.42 Å². The zero-order chi connectivity index (χ0) is 12.5. The average Bonchev–Trinajstić information content (AvgIpc) is 2.63. The minimum atomic E-state index is -3.46. The highest BCUT2D eigenvalue weighted by atomic mass is 79.9. The number of halogens is 1. The van der Waals surface area contributed by atoms with Crippen molar-refractivity contribution in [2.24, 2.45) is 0 Å². The molecule has 0 amide bonds. The Hall–Kier alpha value is -0.500. The maximum absolute atomic E-state index is 12.1. The van der Waals surface area contributed by atoms with Crippen molar-refractivity contribution in [3.05, 3.63) is 22.9 Å². The van der Waals surface area contributed by atoms with E-state index in [1.807, 2.05) is 7.05 Å². The van der Waals surface area contributed by atoms with Gasteiger partial charge >= 0.3 is 0 Å². The Morgan fingerprint density at radius 1 is 1.53 bits per heavy atom. The van der Waals surface area contributed by atoms with Crippen molar-refractivity contribution >= 4 is 26.0 Å². The van der Waals surface area contributed by atoms with Crippen LogP contribution in [0.1, 0.15) is 6.42 Å². The number of hydrogen-bond donors (Lipinski definition) is 1. The predicted octanol–water partition coefficient (Wildman–Crippen LogP) is 0.827. The Labute approximate surface area is 109 Å². The summed E-state index contributed by atoms with van der Waals surface area (Å²) in [5.74, 6) is 0. The first kappa shape index (κ1) is 12.9. The highest BCUT2D eigenvalue weighted by Gasteiger charge is 2.25. The van der Waals surface area contributed by atoms with E-state index in [0.29, 0.717) is 4.47 Å². The van der Waals surface area contributed by atoms with Gasteiger partial charge in [0.25, 0.3) is 0 Å². The van der Waals surface area contributed by atoms with Crippen LogP contribution in [-0.2, 0) is 10.0 Å². The van der Waals surface area contributed by atoms with Crippen LogP contribution in [-0.4, -0.2) is 44.5 Å². The van der Waals surface area contributed by atoms with Crippen molar-refractivity contribution in [1.29, 1.82) is 0 Å². The summed E-state index contributed by atoms with van der Waals surface area (Å²) in [7, 11) is -1.48. The number of sulfonamides is 1. The third kappa shape index (κ3) is 3.25. The predicted molar refractivity (Wildman–Crippen MR) is 68.2 cm³/mol. The van der Waals surface area contributed by atoms with Crippen LogP contribution in [0.15, 0.2) is 27.8 Å². The van der Waals surface area contributed by atoms with E-state index >= 15 is 0 Å². The van der Waals surface area contributed by atoms with Gasteiger partial charge in [-0.15, -0.1) is 0 Å². The molecule has 1 aliphatic rings. The monoisotopic (exact) mass is 319 g/mol. The molecule has 94 valence electrons. The molecule has 1 aromatic heterocycles. The van der Waals surface area contributed by atoms with Gasteiger partial charge in [-0.05, 0) is 42.0 Å². The standard InChI is InChI=1S/C10H14BrN3O2S/c1-14-3-2-9(7-14)13-17(15,16)10-4-8(11)5-12-6-10/h4-6,9,13H,2-3,7H2,1H3/t9-/m1/s1. The zero-order valence-electron chi connectivity index (χ0n) is 9.43. The van der Waals surface area contributed by atoms with E-state index in [4.69, 9.17) is 0 Å². The summed E-state index contributed by atoms with van der Waals surface area (Å²) < 4.78 is 27.5. The lowest BCUT2D eigenvalue weighted by molar-refractivity contribution is 0.407. The van der Waals surface area contributed by atoms with Crippen LogP contribution in [0.2, 0.25) is 0 Å². The molecule has 0 aliphatic carbocycles. The fourth-order valence-corrected chi connectivity index (χ4v) is 3.62. The van der Waals surface area contributed by atoms with Gasteiger partial charge in [-0.2, -0.15) is 0 Å². The number of likely N-dealkylation sites (N-methyl/N-ethyl adjacent to an activating group) is 1. The van der Waals surface area contributed by atoms with E-state index in [9.17, 15) is 8.42 Å². The molecule has 1 N–H and O–H groups in total. The lowest BCUT2D eigenvalue weighted by Gasteiger charge is -2.13. The number of pyridine rings is 1. The quantitative estimate of drug-likeness (QED) is 0.896. The summed E-state index contributed by atoms with van der Waals surface area (Å²) in [5, 5.41) is 0. The van der Waals surface area contributed by atoms with E-state index in [2.05, 4.69) is 30.5 Å². The molecule has 1 aromatic rings. The summed E-state index contributed by atoms with van der Waals surface area (Å²) in [6, 6.07) is 1.54. The smallest absolute Gasteiger partial charge is 0.242 e. The molecule has 2 rings (SSSR count). The first-order valence-corrected chi connectivity index (χ1v) is 7.56. The van der Waals surface area contributed by atoms with E-state index in [1.165, 1.54) is 6.20 Å². The molecule has 1 saturated heterocycles. The second-order valence-corrected chi connectivity index (χ2v) is 6.84. The van der Waals surface area contributed by atoms with Crippen LogP contribution in [0, 0.1) is 0 Å². The molecule has 2 heterocycles. The molecule has 0 unspecified atom stereocenters. The SMILES string of the molecule is CN1CC[C@@H](NS(=O)(=O)c2cncc(Br)c2)C1. The van der Waals surface area contributed by atoms with Crippen LogP contribution in [0.3, 0.4) is 0 Å². The van der Waals surface area contributed by atoms with Crippen molar-refractivity contribution in [2.75, 3.05) is 20.1 Å². The van der Waals surface area contributed by atoms with Gasteiger partial charge in [-0.25, -0.2) is 13.1 Å². The minimum absolute atomic E-state index is 0.0102. The Bertz CT molecular complexity index is 506. The third-order valence-electron chi connectivity index (χ3n) is 2.70. The lowest BCUT2D eigenvalue weighted by Crippen LogP contribution is -2.36. The molecule has 5 nitrogen and oxygen atoms in total. The number of aromatic nitrogens is 1. The number of likely N-dealkylation sites (tertiary alicyclic amines) is 1. The van der Waals surface area contributed by atoms with Gasteiger partial charge in [0, 0.05) is 29.5 Å². The topological polar surface area (TPSA) is 62.3 Å². The Balaban J connectivity index is 2.14. The normalized spacial score (nSPS) is 21.9. The number of hydrogen-bond acceptors (Lipinski definition) is 4. The maximum atomic E-state index is 12.1. The fourth-order valence-electron chi connectivity index (χ4n) is 1.86.